The summed E-state index contributed by atoms with van der Waals surface area (Å²) in [7, 11) is -1.98. The van der Waals surface area contributed by atoms with Crippen LogP contribution < -0.4 is 0 Å². The van der Waals surface area contributed by atoms with Crippen molar-refractivity contribution in [1.82, 2.24) is 13.9 Å². The molecule has 2 aliphatic rings. The Hall–Kier alpha value is -1.45. The largest absolute Gasteiger partial charge is 0.329 e. The molecule has 1 saturated carbocycles. The number of fused-ring (bicyclic) bond motifs is 1. The van der Waals surface area contributed by atoms with Crippen LogP contribution in [0.2, 0.25) is 0 Å². The smallest absolute Gasteiger partial charge is 0.246 e. The van der Waals surface area contributed by atoms with Gasteiger partial charge in [-0.2, -0.15) is 4.31 Å². The number of aryl methyl sites for hydroxylation is 1. The molecule has 1 aromatic heterocycles. The van der Waals surface area contributed by atoms with E-state index in [1.807, 2.05) is 17.8 Å². The van der Waals surface area contributed by atoms with Crippen molar-refractivity contribution in [2.45, 2.75) is 28.1 Å². The molecule has 0 spiro atoms. The maximum atomic E-state index is 13.9. The van der Waals surface area contributed by atoms with Crippen molar-refractivity contribution in [2.75, 3.05) is 13.1 Å². The Morgan fingerprint density at radius 2 is 1.88 bits per heavy atom. The molecule has 26 heavy (non-hydrogen) atoms. The van der Waals surface area contributed by atoms with Gasteiger partial charge >= 0.3 is 0 Å². The van der Waals surface area contributed by atoms with Gasteiger partial charge in [-0.3, -0.25) is 0 Å². The van der Waals surface area contributed by atoms with Crippen LogP contribution in [0.3, 0.4) is 0 Å². The number of rotatable bonds is 4. The first kappa shape index (κ1) is 17.9. The Bertz CT molecular complexity index is 918. The standard InChI is InChI=1S/C17H19F2N3O2S2/c1-21-5-4-20-17(21)25-14-6-11-9-22(10-12(11)7-14)26(23,24)16-3-2-13(18)8-15(16)19/h2-5,8,11-12,14H,6-7,9-10H2,1H3/t11-,12+,14+. The van der Waals surface area contributed by atoms with E-state index in [1.54, 1.807) is 18.0 Å². The molecule has 4 rings (SSSR count). The average molecular weight is 399 g/mol. The van der Waals surface area contributed by atoms with Gasteiger partial charge < -0.3 is 4.57 Å². The lowest BCUT2D eigenvalue weighted by Crippen LogP contribution is -2.31. The molecule has 0 radical (unpaired) electrons. The molecule has 1 saturated heterocycles. The normalized spacial score (nSPS) is 26.3. The number of sulfonamides is 1. The second-order valence-electron chi connectivity index (χ2n) is 6.95. The van der Waals surface area contributed by atoms with Crippen LogP contribution in [0.25, 0.3) is 0 Å². The van der Waals surface area contributed by atoms with Gasteiger partial charge in [-0.15, -0.1) is 0 Å². The van der Waals surface area contributed by atoms with E-state index in [2.05, 4.69) is 4.98 Å². The molecule has 0 unspecified atom stereocenters. The molecule has 0 N–H and O–H groups in total. The molecular weight excluding hydrogens is 380 g/mol. The van der Waals surface area contributed by atoms with Crippen molar-refractivity contribution in [2.24, 2.45) is 18.9 Å². The molecular formula is C17H19F2N3O2S2. The van der Waals surface area contributed by atoms with Gasteiger partial charge in [0, 0.05) is 43.8 Å². The van der Waals surface area contributed by atoms with Crippen molar-refractivity contribution in [3.8, 4) is 0 Å². The van der Waals surface area contributed by atoms with E-state index in [9.17, 15) is 17.2 Å². The van der Waals surface area contributed by atoms with Crippen LogP contribution in [-0.2, 0) is 17.1 Å². The van der Waals surface area contributed by atoms with Crippen LogP contribution in [0.4, 0.5) is 8.78 Å². The zero-order valence-corrected chi connectivity index (χ0v) is 15.8. The molecule has 140 valence electrons. The van der Waals surface area contributed by atoms with Crippen LogP contribution >= 0.6 is 11.8 Å². The SMILES string of the molecule is Cn1ccnc1S[C@H]1C[C@@H]2CN(S(=O)(=O)c3ccc(F)cc3F)C[C@@H]2C1. The second-order valence-corrected chi connectivity index (χ2v) is 10.1. The lowest BCUT2D eigenvalue weighted by atomic mass is 10.0. The predicted molar refractivity (Wildman–Crippen MR) is 94.2 cm³/mol. The van der Waals surface area contributed by atoms with Crippen molar-refractivity contribution in [1.29, 1.82) is 0 Å². The van der Waals surface area contributed by atoms with Gasteiger partial charge in [-0.25, -0.2) is 22.2 Å². The van der Waals surface area contributed by atoms with E-state index in [0.29, 0.717) is 24.4 Å². The summed E-state index contributed by atoms with van der Waals surface area (Å²) in [4.78, 5) is 3.88. The Balaban J connectivity index is 1.45. The van der Waals surface area contributed by atoms with Gasteiger partial charge in [0.25, 0.3) is 0 Å². The van der Waals surface area contributed by atoms with E-state index in [0.717, 1.165) is 30.1 Å². The lowest BCUT2D eigenvalue weighted by Gasteiger charge is -2.19. The van der Waals surface area contributed by atoms with Crippen LogP contribution in [0, 0.1) is 23.5 Å². The van der Waals surface area contributed by atoms with Gasteiger partial charge in [0.05, 0.1) is 0 Å². The fourth-order valence-corrected chi connectivity index (χ4v) is 6.86. The molecule has 2 heterocycles. The minimum atomic E-state index is -3.93. The topological polar surface area (TPSA) is 55.2 Å². The summed E-state index contributed by atoms with van der Waals surface area (Å²) in [6.07, 6.45) is 5.51. The average Bonchev–Trinajstić information content (AvgIpc) is 3.23. The summed E-state index contributed by atoms with van der Waals surface area (Å²) in [5.74, 6) is -1.28. The summed E-state index contributed by atoms with van der Waals surface area (Å²) >= 11 is 1.73. The van der Waals surface area contributed by atoms with E-state index in [1.165, 1.54) is 4.31 Å². The Kier molecular flexibility index (Phi) is 4.56. The highest BCUT2D eigenvalue weighted by Gasteiger charge is 2.45. The first-order valence-corrected chi connectivity index (χ1v) is 10.8. The van der Waals surface area contributed by atoms with Gasteiger partial charge in [0.1, 0.15) is 16.5 Å². The highest BCUT2D eigenvalue weighted by atomic mass is 32.2. The first-order chi connectivity index (χ1) is 12.3. The fraction of sp³-hybridized carbons (Fsp3) is 0.471. The van der Waals surface area contributed by atoms with Crippen molar-refractivity contribution < 1.29 is 17.2 Å². The Labute approximate surface area is 155 Å². The molecule has 1 aromatic carbocycles. The molecule has 5 nitrogen and oxygen atoms in total. The Morgan fingerprint density at radius 1 is 1.19 bits per heavy atom. The van der Waals surface area contributed by atoms with Gasteiger partial charge in [0.15, 0.2) is 5.16 Å². The third kappa shape index (κ3) is 3.16. The number of thioether (sulfide) groups is 1. The molecule has 2 aromatic rings. The molecule has 1 aliphatic carbocycles. The molecule has 0 amide bonds. The fourth-order valence-electron chi connectivity index (χ4n) is 3.93. The van der Waals surface area contributed by atoms with Crippen molar-refractivity contribution in [3.05, 3.63) is 42.2 Å². The summed E-state index contributed by atoms with van der Waals surface area (Å²) in [6.45, 7) is 0.781. The van der Waals surface area contributed by atoms with Crippen LogP contribution in [0.15, 0.2) is 40.6 Å². The molecule has 2 fully saturated rings. The molecule has 9 heteroatoms. The second kappa shape index (κ2) is 6.61. The molecule has 0 bridgehead atoms. The van der Waals surface area contributed by atoms with E-state index in [-0.39, 0.29) is 11.8 Å². The molecule has 3 atom stereocenters. The van der Waals surface area contributed by atoms with E-state index in [4.69, 9.17) is 0 Å². The number of benzene rings is 1. The summed E-state index contributed by atoms with van der Waals surface area (Å²) in [6, 6.07) is 2.60. The highest BCUT2D eigenvalue weighted by Crippen LogP contribution is 2.45. The third-order valence-corrected chi connectivity index (χ3v) is 8.42. The zero-order valence-electron chi connectivity index (χ0n) is 14.2. The highest BCUT2D eigenvalue weighted by molar-refractivity contribution is 7.99. The van der Waals surface area contributed by atoms with E-state index >= 15 is 0 Å². The van der Waals surface area contributed by atoms with Crippen LogP contribution in [0.1, 0.15) is 12.8 Å². The zero-order chi connectivity index (χ0) is 18.5. The maximum Gasteiger partial charge on any atom is 0.246 e. The number of hydrogen-bond donors (Lipinski definition) is 0. The maximum absolute atomic E-state index is 13.9. The monoisotopic (exact) mass is 399 g/mol. The number of halogens is 2. The lowest BCUT2D eigenvalue weighted by molar-refractivity contribution is 0.441. The first-order valence-electron chi connectivity index (χ1n) is 8.44. The number of imidazole rings is 1. The minimum absolute atomic E-state index is 0.269. The van der Waals surface area contributed by atoms with Crippen LogP contribution in [-0.4, -0.2) is 40.6 Å². The Morgan fingerprint density at radius 3 is 2.46 bits per heavy atom. The summed E-state index contributed by atoms with van der Waals surface area (Å²) in [5.41, 5.74) is 0. The number of aromatic nitrogens is 2. The van der Waals surface area contributed by atoms with E-state index < -0.39 is 26.6 Å². The third-order valence-electron chi connectivity index (χ3n) is 5.24. The number of hydrogen-bond acceptors (Lipinski definition) is 4. The van der Waals surface area contributed by atoms with Gasteiger partial charge in [-0.1, -0.05) is 11.8 Å². The van der Waals surface area contributed by atoms with Gasteiger partial charge in [-0.05, 0) is 36.8 Å². The number of nitrogens with zero attached hydrogens (tertiary/aromatic N) is 3. The summed E-state index contributed by atoms with van der Waals surface area (Å²) < 4.78 is 55.8. The predicted octanol–water partition coefficient (Wildman–Crippen LogP) is 2.89. The van der Waals surface area contributed by atoms with Gasteiger partial charge in [0.2, 0.25) is 10.0 Å². The molecule has 1 aliphatic heterocycles. The quantitative estimate of drug-likeness (QED) is 0.793. The van der Waals surface area contributed by atoms with Crippen molar-refractivity contribution >= 4 is 21.8 Å². The summed E-state index contributed by atoms with van der Waals surface area (Å²) in [5, 5.41) is 1.38. The minimum Gasteiger partial charge on any atom is -0.329 e. The van der Waals surface area contributed by atoms with Crippen molar-refractivity contribution in [3.63, 3.8) is 0 Å². The van der Waals surface area contributed by atoms with Crippen LogP contribution in [0.5, 0.6) is 0 Å².